The van der Waals surface area contributed by atoms with Crippen molar-refractivity contribution < 1.29 is 14.3 Å². The number of amides is 1. The van der Waals surface area contributed by atoms with Gasteiger partial charge in [0.15, 0.2) is 0 Å². The fourth-order valence-corrected chi connectivity index (χ4v) is 2.92. The van der Waals surface area contributed by atoms with Crippen LogP contribution in [-0.2, 0) is 16.1 Å². The van der Waals surface area contributed by atoms with E-state index < -0.39 is 0 Å². The van der Waals surface area contributed by atoms with Gasteiger partial charge < -0.3 is 14.4 Å². The molecule has 0 aromatic heterocycles. The van der Waals surface area contributed by atoms with E-state index in [9.17, 15) is 4.79 Å². The monoisotopic (exact) mass is 320 g/mol. The first-order valence-corrected chi connectivity index (χ1v) is 8.16. The molecule has 1 heterocycles. The van der Waals surface area contributed by atoms with Crippen molar-refractivity contribution in [1.29, 1.82) is 0 Å². The molecular formula is C18H28N2O3. The molecule has 0 unspecified atom stereocenters. The third-order valence-electron chi connectivity index (χ3n) is 4.57. The lowest BCUT2D eigenvalue weighted by Crippen LogP contribution is -2.40. The Kier molecular flexibility index (Phi) is 6.42. The molecule has 0 saturated carbocycles. The number of carbonyl (C=O) groups is 1. The van der Waals surface area contributed by atoms with Crippen LogP contribution in [0.3, 0.4) is 0 Å². The van der Waals surface area contributed by atoms with E-state index in [0.717, 1.165) is 18.8 Å². The largest absolute Gasteiger partial charge is 0.497 e. The first-order chi connectivity index (χ1) is 11.0. The van der Waals surface area contributed by atoms with E-state index in [1.54, 1.807) is 26.1 Å². The van der Waals surface area contributed by atoms with Gasteiger partial charge in [0.2, 0.25) is 5.91 Å². The average molecular weight is 320 g/mol. The summed E-state index contributed by atoms with van der Waals surface area (Å²) in [4.78, 5) is 16.1. The van der Waals surface area contributed by atoms with Gasteiger partial charge in [-0.2, -0.15) is 0 Å². The standard InChI is InChI=1S/C18H28N2O3/c1-14-16(11-18(21)19(2)3)13-23-9-8-20(14)12-15-6-5-7-17(10-15)22-4/h5-7,10,14,16H,8-9,11-13H2,1-4H3/t14-,16+/m1/s1. The fraction of sp³-hybridized carbons (Fsp3) is 0.611. The number of carbonyl (C=O) groups excluding carboxylic acids is 1. The van der Waals surface area contributed by atoms with Crippen molar-refractivity contribution >= 4 is 5.91 Å². The predicted molar refractivity (Wildman–Crippen MR) is 90.5 cm³/mol. The molecular weight excluding hydrogens is 292 g/mol. The highest BCUT2D eigenvalue weighted by atomic mass is 16.5. The van der Waals surface area contributed by atoms with Crippen molar-refractivity contribution in [3.8, 4) is 5.75 Å². The molecule has 0 N–H and O–H groups in total. The average Bonchev–Trinajstić information content (AvgIpc) is 2.71. The highest BCUT2D eigenvalue weighted by molar-refractivity contribution is 5.75. The van der Waals surface area contributed by atoms with Crippen LogP contribution in [0.2, 0.25) is 0 Å². The van der Waals surface area contributed by atoms with Gasteiger partial charge in [0.1, 0.15) is 5.75 Å². The summed E-state index contributed by atoms with van der Waals surface area (Å²) >= 11 is 0. The second-order valence-electron chi connectivity index (χ2n) is 6.39. The molecule has 5 nitrogen and oxygen atoms in total. The summed E-state index contributed by atoms with van der Waals surface area (Å²) < 4.78 is 11.0. The second-order valence-corrected chi connectivity index (χ2v) is 6.39. The van der Waals surface area contributed by atoms with Gasteiger partial charge in [0.25, 0.3) is 0 Å². The quantitative estimate of drug-likeness (QED) is 0.832. The number of hydrogen-bond acceptors (Lipinski definition) is 4. The molecule has 1 aromatic rings. The minimum Gasteiger partial charge on any atom is -0.497 e. The molecule has 2 rings (SSSR count). The molecule has 1 aliphatic rings. The SMILES string of the molecule is COc1cccc(CN2CCOC[C@H](CC(=O)N(C)C)[C@H]2C)c1. The molecule has 1 amide bonds. The van der Waals surface area contributed by atoms with Crippen LogP contribution in [0, 0.1) is 5.92 Å². The molecule has 128 valence electrons. The van der Waals surface area contributed by atoms with Gasteiger partial charge in [0, 0.05) is 45.6 Å². The van der Waals surface area contributed by atoms with Crippen molar-refractivity contribution in [1.82, 2.24) is 9.80 Å². The van der Waals surface area contributed by atoms with Gasteiger partial charge in [-0.3, -0.25) is 9.69 Å². The fourth-order valence-electron chi connectivity index (χ4n) is 2.92. The smallest absolute Gasteiger partial charge is 0.222 e. The molecule has 23 heavy (non-hydrogen) atoms. The third-order valence-corrected chi connectivity index (χ3v) is 4.57. The Balaban J connectivity index is 2.06. The van der Waals surface area contributed by atoms with E-state index in [1.165, 1.54) is 5.56 Å². The normalized spacial score (nSPS) is 22.4. The number of rotatable bonds is 5. The van der Waals surface area contributed by atoms with Crippen molar-refractivity contribution in [3.05, 3.63) is 29.8 Å². The molecule has 0 bridgehead atoms. The van der Waals surface area contributed by atoms with Crippen LogP contribution in [0.4, 0.5) is 0 Å². The van der Waals surface area contributed by atoms with Crippen LogP contribution >= 0.6 is 0 Å². The van der Waals surface area contributed by atoms with Crippen LogP contribution in [0.1, 0.15) is 18.9 Å². The third kappa shape index (κ3) is 4.94. The second kappa shape index (κ2) is 8.31. The number of benzene rings is 1. The molecule has 5 heteroatoms. The van der Waals surface area contributed by atoms with Gasteiger partial charge in [-0.25, -0.2) is 0 Å². The summed E-state index contributed by atoms with van der Waals surface area (Å²) in [5.41, 5.74) is 1.22. The van der Waals surface area contributed by atoms with Crippen molar-refractivity contribution in [2.24, 2.45) is 5.92 Å². The van der Waals surface area contributed by atoms with Gasteiger partial charge in [-0.05, 0) is 24.6 Å². The van der Waals surface area contributed by atoms with Gasteiger partial charge in [-0.15, -0.1) is 0 Å². The number of ether oxygens (including phenoxy) is 2. The Morgan fingerprint density at radius 3 is 2.91 bits per heavy atom. The summed E-state index contributed by atoms with van der Waals surface area (Å²) in [6.45, 7) is 5.28. The Morgan fingerprint density at radius 1 is 1.43 bits per heavy atom. The number of hydrogen-bond donors (Lipinski definition) is 0. The van der Waals surface area contributed by atoms with Crippen LogP contribution < -0.4 is 4.74 Å². The lowest BCUT2D eigenvalue weighted by molar-refractivity contribution is -0.130. The molecule has 1 fully saturated rings. The van der Waals surface area contributed by atoms with E-state index in [4.69, 9.17) is 9.47 Å². The molecule has 0 aliphatic carbocycles. The Bertz CT molecular complexity index is 519. The van der Waals surface area contributed by atoms with E-state index in [0.29, 0.717) is 25.7 Å². The van der Waals surface area contributed by atoms with E-state index in [1.807, 2.05) is 12.1 Å². The van der Waals surface area contributed by atoms with Gasteiger partial charge in [0.05, 0.1) is 20.3 Å². The maximum absolute atomic E-state index is 12.1. The van der Waals surface area contributed by atoms with E-state index in [-0.39, 0.29) is 11.8 Å². The lowest BCUT2D eigenvalue weighted by Gasteiger charge is -2.31. The Morgan fingerprint density at radius 2 is 2.22 bits per heavy atom. The molecule has 1 aromatic carbocycles. The summed E-state index contributed by atoms with van der Waals surface area (Å²) in [5.74, 6) is 1.26. The Hall–Kier alpha value is -1.59. The van der Waals surface area contributed by atoms with Gasteiger partial charge >= 0.3 is 0 Å². The van der Waals surface area contributed by atoms with Crippen LogP contribution in [0.15, 0.2) is 24.3 Å². The predicted octanol–water partition coefficient (Wildman–Crippen LogP) is 2.01. The summed E-state index contributed by atoms with van der Waals surface area (Å²) in [7, 11) is 5.29. The highest BCUT2D eigenvalue weighted by Gasteiger charge is 2.29. The molecule has 0 spiro atoms. The van der Waals surface area contributed by atoms with Crippen molar-refractivity contribution in [3.63, 3.8) is 0 Å². The summed E-state index contributed by atoms with van der Waals surface area (Å²) in [6, 6.07) is 8.45. The number of nitrogens with zero attached hydrogens (tertiary/aromatic N) is 2. The molecule has 1 saturated heterocycles. The minimum atomic E-state index is 0.161. The lowest BCUT2D eigenvalue weighted by atomic mass is 9.96. The maximum atomic E-state index is 12.1. The number of methoxy groups -OCH3 is 1. The van der Waals surface area contributed by atoms with E-state index >= 15 is 0 Å². The summed E-state index contributed by atoms with van der Waals surface area (Å²) in [6.07, 6.45) is 0.531. The Labute approximate surface area is 139 Å². The zero-order valence-corrected chi connectivity index (χ0v) is 14.6. The zero-order chi connectivity index (χ0) is 16.8. The molecule has 1 aliphatic heterocycles. The van der Waals surface area contributed by atoms with Crippen LogP contribution in [0.5, 0.6) is 5.75 Å². The van der Waals surface area contributed by atoms with Crippen LogP contribution in [0.25, 0.3) is 0 Å². The zero-order valence-electron chi connectivity index (χ0n) is 14.6. The first-order valence-electron chi connectivity index (χ1n) is 8.16. The van der Waals surface area contributed by atoms with Crippen molar-refractivity contribution in [2.75, 3.05) is 41.0 Å². The molecule has 0 radical (unpaired) electrons. The van der Waals surface area contributed by atoms with Crippen LogP contribution in [-0.4, -0.2) is 62.7 Å². The van der Waals surface area contributed by atoms with E-state index in [2.05, 4.69) is 24.0 Å². The summed E-state index contributed by atoms with van der Waals surface area (Å²) in [5, 5.41) is 0. The molecule has 2 atom stereocenters. The highest BCUT2D eigenvalue weighted by Crippen LogP contribution is 2.23. The maximum Gasteiger partial charge on any atom is 0.222 e. The minimum absolute atomic E-state index is 0.161. The van der Waals surface area contributed by atoms with Crippen molar-refractivity contribution in [2.45, 2.75) is 25.9 Å². The topological polar surface area (TPSA) is 42.0 Å². The first kappa shape index (κ1) is 17.8. The van der Waals surface area contributed by atoms with Gasteiger partial charge in [-0.1, -0.05) is 12.1 Å².